The number of amides is 3. The minimum absolute atomic E-state index is 0.284. The molecule has 4 N–H and O–H groups in total. The smallest absolute Gasteiger partial charge is 0.272 e. The molecule has 0 fully saturated rings. The normalized spacial score (nSPS) is 13.5. The van der Waals surface area contributed by atoms with Crippen LogP contribution in [0.4, 0.5) is 11.4 Å². The number of aromatic amines is 1. The number of imide groups is 1. The molecular formula is C14H12N4O3. The third kappa shape index (κ3) is 2.04. The molecule has 0 spiro atoms. The summed E-state index contributed by atoms with van der Waals surface area (Å²) in [5, 5.41) is 2.64. The number of nitrogen functional groups attached to an aromatic ring is 1. The largest absolute Gasteiger partial charge is 0.397 e. The fourth-order valence-electron chi connectivity index (χ4n) is 2.18. The van der Waals surface area contributed by atoms with E-state index in [1.54, 1.807) is 6.07 Å². The molecule has 1 aromatic heterocycles. The summed E-state index contributed by atoms with van der Waals surface area (Å²) in [7, 11) is 1.42. The Hall–Kier alpha value is -3.09. The van der Waals surface area contributed by atoms with Gasteiger partial charge in [0.15, 0.2) is 0 Å². The van der Waals surface area contributed by atoms with E-state index in [4.69, 9.17) is 5.73 Å². The molecule has 1 aromatic carbocycles. The lowest BCUT2D eigenvalue weighted by Gasteiger charge is -2.05. The molecular weight excluding hydrogens is 272 g/mol. The van der Waals surface area contributed by atoms with Gasteiger partial charge in [-0.25, -0.2) is 0 Å². The second-order valence-electron chi connectivity index (χ2n) is 4.73. The van der Waals surface area contributed by atoms with Gasteiger partial charge in [-0.1, -0.05) is 0 Å². The number of aromatic nitrogens is 1. The van der Waals surface area contributed by atoms with Crippen LogP contribution in [0.15, 0.2) is 30.5 Å². The van der Waals surface area contributed by atoms with Crippen LogP contribution in [0.5, 0.6) is 0 Å². The number of carbonyl (C=O) groups is 3. The summed E-state index contributed by atoms with van der Waals surface area (Å²) in [4.78, 5) is 39.4. The van der Waals surface area contributed by atoms with Crippen molar-refractivity contribution in [3.05, 3.63) is 47.3 Å². The third-order valence-electron chi connectivity index (χ3n) is 3.30. The second kappa shape index (κ2) is 4.48. The SMILES string of the molecule is CN1C(=O)c2ccc(NC(=O)c3cc(N)c[nH]3)cc2C1=O. The third-order valence-corrected chi connectivity index (χ3v) is 3.30. The van der Waals surface area contributed by atoms with Gasteiger partial charge < -0.3 is 16.0 Å². The van der Waals surface area contributed by atoms with Crippen LogP contribution in [0.3, 0.4) is 0 Å². The number of anilines is 2. The maximum Gasteiger partial charge on any atom is 0.272 e. The van der Waals surface area contributed by atoms with Gasteiger partial charge in [0.2, 0.25) is 0 Å². The monoisotopic (exact) mass is 284 g/mol. The highest BCUT2D eigenvalue weighted by Gasteiger charge is 2.32. The Labute approximate surface area is 119 Å². The van der Waals surface area contributed by atoms with Crippen LogP contribution in [0.2, 0.25) is 0 Å². The summed E-state index contributed by atoms with van der Waals surface area (Å²) in [6.45, 7) is 0. The minimum Gasteiger partial charge on any atom is -0.397 e. The van der Waals surface area contributed by atoms with Crippen LogP contribution in [0.1, 0.15) is 31.2 Å². The molecule has 1 aliphatic heterocycles. The average molecular weight is 284 g/mol. The Morgan fingerprint density at radius 3 is 2.57 bits per heavy atom. The standard InChI is InChI=1S/C14H12N4O3/c1-18-13(20)9-3-2-8(5-10(9)14(18)21)17-12(19)11-4-7(15)6-16-11/h2-6,16H,15H2,1H3,(H,17,19). The Kier molecular flexibility index (Phi) is 2.76. The summed E-state index contributed by atoms with van der Waals surface area (Å²) in [6, 6.07) is 6.10. The lowest BCUT2D eigenvalue weighted by atomic mass is 10.1. The van der Waals surface area contributed by atoms with Crippen LogP contribution in [0.25, 0.3) is 0 Å². The van der Waals surface area contributed by atoms with Crippen LogP contribution in [-0.4, -0.2) is 34.7 Å². The van der Waals surface area contributed by atoms with Crippen molar-refractivity contribution in [1.82, 2.24) is 9.88 Å². The van der Waals surface area contributed by atoms with Gasteiger partial charge in [0.25, 0.3) is 17.7 Å². The van der Waals surface area contributed by atoms with Crippen molar-refractivity contribution < 1.29 is 14.4 Å². The van der Waals surface area contributed by atoms with E-state index in [-0.39, 0.29) is 23.3 Å². The lowest BCUT2D eigenvalue weighted by molar-refractivity contribution is 0.0692. The molecule has 0 unspecified atom stereocenters. The molecule has 0 saturated carbocycles. The topological polar surface area (TPSA) is 108 Å². The molecule has 2 heterocycles. The molecule has 0 radical (unpaired) electrons. The highest BCUT2D eigenvalue weighted by molar-refractivity contribution is 6.21. The number of nitrogens with zero attached hydrogens (tertiary/aromatic N) is 1. The van der Waals surface area contributed by atoms with Crippen LogP contribution in [0, 0.1) is 0 Å². The fourth-order valence-corrected chi connectivity index (χ4v) is 2.18. The van der Waals surface area contributed by atoms with Gasteiger partial charge in [0.05, 0.1) is 11.1 Å². The van der Waals surface area contributed by atoms with Gasteiger partial charge in [-0.05, 0) is 24.3 Å². The number of H-pyrrole nitrogens is 1. The molecule has 0 saturated heterocycles. The second-order valence-corrected chi connectivity index (χ2v) is 4.73. The van der Waals surface area contributed by atoms with E-state index < -0.39 is 0 Å². The zero-order valence-corrected chi connectivity index (χ0v) is 11.1. The molecule has 0 bridgehead atoms. The molecule has 1 aliphatic rings. The minimum atomic E-state index is -0.379. The maximum absolute atomic E-state index is 12.0. The summed E-state index contributed by atoms with van der Waals surface area (Å²) in [5.41, 5.74) is 7.36. The molecule has 7 heteroatoms. The Bertz CT molecular complexity index is 778. The van der Waals surface area contributed by atoms with Crippen LogP contribution in [-0.2, 0) is 0 Å². The Morgan fingerprint density at radius 1 is 1.19 bits per heavy atom. The van der Waals surface area contributed by atoms with Gasteiger partial charge in [0, 0.05) is 24.6 Å². The van der Waals surface area contributed by atoms with Crippen molar-refractivity contribution in [1.29, 1.82) is 0 Å². The molecule has 0 aliphatic carbocycles. The zero-order chi connectivity index (χ0) is 15.1. The molecule has 3 amide bonds. The maximum atomic E-state index is 12.0. The fraction of sp³-hybridized carbons (Fsp3) is 0.0714. The van der Waals surface area contributed by atoms with Gasteiger partial charge in [0.1, 0.15) is 5.69 Å². The van der Waals surface area contributed by atoms with Gasteiger partial charge in [-0.3, -0.25) is 19.3 Å². The van der Waals surface area contributed by atoms with Crippen molar-refractivity contribution in [2.24, 2.45) is 0 Å². The predicted molar refractivity (Wildman–Crippen MR) is 76.0 cm³/mol. The van der Waals surface area contributed by atoms with E-state index in [9.17, 15) is 14.4 Å². The van der Waals surface area contributed by atoms with Crippen molar-refractivity contribution in [3.63, 3.8) is 0 Å². The quantitative estimate of drug-likeness (QED) is 0.717. The van der Waals surface area contributed by atoms with Gasteiger partial charge in [-0.2, -0.15) is 0 Å². The van der Waals surface area contributed by atoms with E-state index in [2.05, 4.69) is 10.3 Å². The summed E-state index contributed by atoms with van der Waals surface area (Å²) >= 11 is 0. The number of hydrogen-bond donors (Lipinski definition) is 3. The van der Waals surface area contributed by atoms with E-state index in [1.807, 2.05) is 0 Å². The Morgan fingerprint density at radius 2 is 1.90 bits per heavy atom. The summed E-state index contributed by atoms with van der Waals surface area (Å²) < 4.78 is 0. The van der Waals surface area contributed by atoms with Crippen molar-refractivity contribution in [2.75, 3.05) is 18.1 Å². The van der Waals surface area contributed by atoms with E-state index in [0.717, 1.165) is 4.90 Å². The average Bonchev–Trinajstić information content (AvgIpc) is 2.98. The highest BCUT2D eigenvalue weighted by Crippen LogP contribution is 2.25. The number of benzene rings is 1. The predicted octanol–water partition coefficient (Wildman–Crippen LogP) is 1.08. The van der Waals surface area contributed by atoms with Crippen molar-refractivity contribution in [3.8, 4) is 0 Å². The first kappa shape index (κ1) is 12.9. The molecule has 21 heavy (non-hydrogen) atoms. The molecule has 2 aromatic rings. The van der Waals surface area contributed by atoms with E-state index in [0.29, 0.717) is 22.6 Å². The van der Waals surface area contributed by atoms with Crippen molar-refractivity contribution >= 4 is 29.1 Å². The van der Waals surface area contributed by atoms with Crippen LogP contribution >= 0.6 is 0 Å². The molecule has 3 rings (SSSR count). The molecule has 106 valence electrons. The number of nitrogens with two attached hydrogens (primary N) is 1. The molecule has 7 nitrogen and oxygen atoms in total. The zero-order valence-electron chi connectivity index (χ0n) is 11.1. The van der Waals surface area contributed by atoms with Gasteiger partial charge >= 0.3 is 0 Å². The number of rotatable bonds is 2. The highest BCUT2D eigenvalue weighted by atomic mass is 16.2. The molecule has 0 atom stereocenters. The summed E-state index contributed by atoms with van der Waals surface area (Å²) in [5.74, 6) is -1.10. The number of nitrogens with one attached hydrogen (secondary N) is 2. The van der Waals surface area contributed by atoms with E-state index >= 15 is 0 Å². The van der Waals surface area contributed by atoms with Crippen LogP contribution < -0.4 is 11.1 Å². The first-order valence-corrected chi connectivity index (χ1v) is 6.19. The number of carbonyl (C=O) groups excluding carboxylic acids is 3. The van der Waals surface area contributed by atoms with E-state index in [1.165, 1.54) is 31.4 Å². The number of hydrogen-bond acceptors (Lipinski definition) is 4. The summed E-state index contributed by atoms with van der Waals surface area (Å²) in [6.07, 6.45) is 1.51. The van der Waals surface area contributed by atoms with Gasteiger partial charge in [-0.15, -0.1) is 0 Å². The number of fused-ring (bicyclic) bond motifs is 1. The Balaban J connectivity index is 1.87. The first-order chi connectivity index (χ1) is 9.97. The van der Waals surface area contributed by atoms with Crippen molar-refractivity contribution in [2.45, 2.75) is 0 Å². The first-order valence-electron chi connectivity index (χ1n) is 6.19. The lowest BCUT2D eigenvalue weighted by Crippen LogP contribution is -2.24.